The van der Waals surface area contributed by atoms with Gasteiger partial charge >= 0.3 is 5.97 Å². The highest BCUT2D eigenvalue weighted by Gasteiger charge is 2.62. The summed E-state index contributed by atoms with van der Waals surface area (Å²) in [5, 5.41) is 16.1. The van der Waals surface area contributed by atoms with E-state index in [0.717, 1.165) is 57.5 Å². The predicted octanol–water partition coefficient (Wildman–Crippen LogP) is 14.9. The lowest BCUT2D eigenvalue weighted by Gasteiger charge is -2.65. The molecule has 0 aromatic carbocycles. The van der Waals surface area contributed by atoms with E-state index in [1.54, 1.807) is 31.1 Å². The maximum Gasteiger partial charge on any atom is 0.307 e. The lowest BCUT2D eigenvalue weighted by molar-refractivity contribution is -0.155. The second-order valence-corrected chi connectivity index (χ2v) is 21.3. The minimum absolute atomic E-state index is 0.0352. The van der Waals surface area contributed by atoms with E-state index in [0.29, 0.717) is 60.4 Å². The van der Waals surface area contributed by atoms with Crippen molar-refractivity contribution in [2.24, 2.45) is 63.1 Å². The maximum atomic E-state index is 12.7. The fourth-order valence-electron chi connectivity index (χ4n) is 11.9. The highest BCUT2D eigenvalue weighted by atomic mass is 16.5. The molecule has 0 bridgehead atoms. The van der Waals surface area contributed by atoms with Gasteiger partial charge in [0.2, 0.25) is 0 Å². The largest absolute Gasteiger partial charge is 0.476 e. The molecule has 0 amide bonds. The number of hydrogen-bond donors (Lipinski definition) is 2. The SMILES string of the molecule is C#C/C=C(\C=C/CC(C)C)COC(=N)CC12CCC(C(C)C)=C1C1CCC3C(C)(CCC(C)OC(=O)CC(C)(C)C=O)C(C)CCC3(C)C1CC2.C=C/C(=C\C)C(C)C.CC.CO. The molecule has 6 heteroatoms. The summed E-state index contributed by atoms with van der Waals surface area (Å²) in [5.41, 5.74) is 5.46. The van der Waals surface area contributed by atoms with Gasteiger partial charge in [-0.15, -0.1) is 6.42 Å². The van der Waals surface area contributed by atoms with Gasteiger partial charge in [0.15, 0.2) is 5.90 Å². The normalized spacial score (nSPS) is 28.5. The van der Waals surface area contributed by atoms with Crippen molar-refractivity contribution in [3.63, 3.8) is 0 Å². The molecular weight excluding hydrogens is 779 g/mol. The quantitative estimate of drug-likeness (QED) is 0.0289. The molecule has 0 spiro atoms. The number of ether oxygens (including phenoxy) is 2. The minimum atomic E-state index is -0.691. The molecular formula is C57H95NO5. The number of terminal acetylenes is 1. The van der Waals surface area contributed by atoms with E-state index in [4.69, 9.17) is 26.4 Å². The van der Waals surface area contributed by atoms with E-state index in [2.05, 4.69) is 93.0 Å². The zero-order chi connectivity index (χ0) is 48.3. The van der Waals surface area contributed by atoms with Gasteiger partial charge in [-0.25, -0.2) is 0 Å². The summed E-state index contributed by atoms with van der Waals surface area (Å²) in [7, 11) is 1.00. The molecule has 0 heterocycles. The third kappa shape index (κ3) is 15.5. The summed E-state index contributed by atoms with van der Waals surface area (Å²) in [5.74, 6) is 7.02. The Balaban J connectivity index is 0.00000147. The first-order chi connectivity index (χ1) is 29.6. The summed E-state index contributed by atoms with van der Waals surface area (Å²) in [6, 6.07) is 0. The Morgan fingerprint density at radius 2 is 1.68 bits per heavy atom. The number of carbonyl (C=O) groups excluding carboxylic acids is 2. The van der Waals surface area contributed by atoms with Gasteiger partial charge in [0.05, 0.1) is 12.5 Å². The average molecular weight is 874 g/mol. The summed E-state index contributed by atoms with van der Waals surface area (Å²) in [6.45, 7) is 36.8. The van der Waals surface area contributed by atoms with E-state index >= 15 is 0 Å². The number of aliphatic hydroxyl groups excluding tert-OH is 1. The summed E-state index contributed by atoms with van der Waals surface area (Å²) < 4.78 is 12.0. The van der Waals surface area contributed by atoms with E-state index in [9.17, 15) is 9.59 Å². The molecule has 0 aromatic rings. The van der Waals surface area contributed by atoms with Crippen molar-refractivity contribution in [2.45, 2.75) is 193 Å². The van der Waals surface area contributed by atoms with Crippen LogP contribution in [0.2, 0.25) is 0 Å². The number of rotatable bonds is 17. The van der Waals surface area contributed by atoms with Gasteiger partial charge in [0, 0.05) is 24.4 Å². The van der Waals surface area contributed by atoms with Crippen molar-refractivity contribution in [3.05, 3.63) is 59.3 Å². The van der Waals surface area contributed by atoms with Crippen LogP contribution in [0, 0.1) is 80.8 Å². The molecule has 0 aromatic heterocycles. The highest BCUT2D eigenvalue weighted by molar-refractivity contribution is 5.76. The summed E-state index contributed by atoms with van der Waals surface area (Å²) in [6.07, 6.45) is 29.7. The van der Waals surface area contributed by atoms with E-state index < -0.39 is 5.41 Å². The van der Waals surface area contributed by atoms with Crippen molar-refractivity contribution in [3.8, 4) is 12.3 Å². The van der Waals surface area contributed by atoms with E-state index in [-0.39, 0.29) is 34.7 Å². The van der Waals surface area contributed by atoms with Gasteiger partial charge in [-0.1, -0.05) is 144 Å². The molecule has 4 rings (SSSR count). The Morgan fingerprint density at radius 3 is 2.21 bits per heavy atom. The van der Waals surface area contributed by atoms with Crippen LogP contribution in [-0.4, -0.2) is 43.1 Å². The Kier molecular flexibility index (Phi) is 24.5. The summed E-state index contributed by atoms with van der Waals surface area (Å²) in [4.78, 5) is 24.0. The number of hydrogen-bond acceptors (Lipinski definition) is 6. The molecule has 8 unspecified atom stereocenters. The first-order valence-electron chi connectivity index (χ1n) is 24.8. The van der Waals surface area contributed by atoms with Crippen LogP contribution >= 0.6 is 0 Å². The molecule has 6 nitrogen and oxygen atoms in total. The van der Waals surface area contributed by atoms with Gasteiger partial charge in [-0.3, -0.25) is 10.2 Å². The third-order valence-corrected chi connectivity index (χ3v) is 15.4. The number of esters is 1. The lowest BCUT2D eigenvalue weighted by Crippen LogP contribution is -2.57. The van der Waals surface area contributed by atoms with Crippen molar-refractivity contribution in [1.82, 2.24) is 0 Å². The molecule has 2 N–H and O–H groups in total. The fourth-order valence-corrected chi connectivity index (χ4v) is 11.9. The second kappa shape index (κ2) is 26.7. The van der Waals surface area contributed by atoms with Crippen LogP contribution in [0.5, 0.6) is 0 Å². The molecule has 0 saturated heterocycles. The van der Waals surface area contributed by atoms with E-state index in [1.807, 2.05) is 33.8 Å². The third-order valence-electron chi connectivity index (χ3n) is 15.4. The molecule has 8 atom stereocenters. The van der Waals surface area contributed by atoms with Crippen LogP contribution in [0.15, 0.2) is 59.3 Å². The predicted molar refractivity (Wildman–Crippen MR) is 268 cm³/mol. The monoisotopic (exact) mass is 874 g/mol. The Morgan fingerprint density at radius 1 is 1.03 bits per heavy atom. The van der Waals surface area contributed by atoms with Crippen LogP contribution in [0.3, 0.4) is 0 Å². The smallest absolute Gasteiger partial charge is 0.307 e. The van der Waals surface area contributed by atoms with Crippen molar-refractivity contribution in [2.75, 3.05) is 13.7 Å². The number of fused-ring (bicyclic) bond motifs is 5. The van der Waals surface area contributed by atoms with Crippen LogP contribution < -0.4 is 0 Å². The van der Waals surface area contributed by atoms with Crippen molar-refractivity contribution in [1.29, 1.82) is 5.41 Å². The van der Waals surface area contributed by atoms with Crippen LogP contribution in [0.1, 0.15) is 187 Å². The van der Waals surface area contributed by atoms with Gasteiger partial charge in [0.1, 0.15) is 12.9 Å². The first kappa shape index (κ1) is 57.8. The Labute approximate surface area is 388 Å². The highest BCUT2D eigenvalue weighted by Crippen LogP contribution is 2.71. The molecule has 0 radical (unpaired) electrons. The molecule has 0 aliphatic heterocycles. The zero-order valence-electron chi connectivity index (χ0n) is 43.3. The maximum absolute atomic E-state index is 12.7. The van der Waals surface area contributed by atoms with Gasteiger partial charge in [-0.2, -0.15) is 0 Å². The molecule has 3 fully saturated rings. The number of nitrogens with one attached hydrogen (secondary N) is 1. The van der Waals surface area contributed by atoms with Crippen LogP contribution in [-0.2, 0) is 19.1 Å². The van der Waals surface area contributed by atoms with Crippen molar-refractivity contribution < 1.29 is 24.2 Å². The molecule has 63 heavy (non-hydrogen) atoms. The standard InChI is InChI=1S/C46H71NO4.C8H14.C2H6.CH4O/c1-12-14-35(16-13-15-31(2)3)29-50-40(47)27-46-25-21-36(32(4)5)42(46)37-17-18-39-44(10,33(6)19-23-45(39,11)38(37)22-26-46)24-20-34(7)51-41(49)28-43(8,9)30-48;1-5-8(6-2)7(3)4;2*1-2/h1,13-14,16,30-34,37-39,47H,15,17-29H2,2-11H3;5-7H,1H2,2-4H3;1-2H3;2H,1H3/b16-13-,35-14+,47-40?;8-6+;;. The molecule has 358 valence electrons. The van der Waals surface area contributed by atoms with Gasteiger partial charge < -0.3 is 19.4 Å². The summed E-state index contributed by atoms with van der Waals surface area (Å²) >= 11 is 0. The molecule has 3 saturated carbocycles. The number of carbonyl (C=O) groups is 2. The average Bonchev–Trinajstić information content (AvgIpc) is 3.62. The number of allylic oxidation sites excluding steroid dienone is 7. The Bertz CT molecular complexity index is 1630. The fraction of sp³-hybridized carbons (Fsp3) is 0.737. The number of aliphatic hydroxyl groups is 1. The van der Waals surface area contributed by atoms with E-state index in [1.165, 1.54) is 37.7 Å². The van der Waals surface area contributed by atoms with Crippen molar-refractivity contribution >= 4 is 18.2 Å². The lowest BCUT2D eigenvalue weighted by atomic mass is 9.40. The van der Waals surface area contributed by atoms with Crippen LogP contribution in [0.4, 0.5) is 0 Å². The van der Waals surface area contributed by atoms with Gasteiger partial charge in [0.25, 0.3) is 0 Å². The second-order valence-electron chi connectivity index (χ2n) is 21.3. The number of aldehydes is 1. The van der Waals surface area contributed by atoms with Gasteiger partial charge in [-0.05, 0) is 148 Å². The zero-order valence-corrected chi connectivity index (χ0v) is 43.3. The minimum Gasteiger partial charge on any atom is -0.476 e. The first-order valence-corrected chi connectivity index (χ1v) is 24.8. The molecule has 4 aliphatic rings. The molecule has 4 aliphatic carbocycles. The topological polar surface area (TPSA) is 96.7 Å². The van der Waals surface area contributed by atoms with Crippen LogP contribution in [0.25, 0.3) is 0 Å². The Hall–Kier alpha value is -3.17.